The van der Waals surface area contributed by atoms with Crippen LogP contribution in [0.5, 0.6) is 11.5 Å². The van der Waals surface area contributed by atoms with Gasteiger partial charge in [0.15, 0.2) is 11.5 Å². The number of halogens is 2. The molecule has 0 aromatic heterocycles. The lowest BCUT2D eigenvalue weighted by atomic mass is 10.3. The van der Waals surface area contributed by atoms with E-state index < -0.39 is 0 Å². The number of fused-ring (bicyclic) bond motifs is 1. The van der Waals surface area contributed by atoms with Gasteiger partial charge in [-0.3, -0.25) is 0 Å². The van der Waals surface area contributed by atoms with E-state index in [9.17, 15) is 0 Å². The lowest BCUT2D eigenvalue weighted by Gasteiger charge is -2.19. The Morgan fingerprint density at radius 1 is 1.25 bits per heavy atom. The van der Waals surface area contributed by atoms with Crippen molar-refractivity contribution in [1.29, 1.82) is 0 Å². The zero-order chi connectivity index (χ0) is 8.55. The minimum atomic E-state index is 0.577. The zero-order valence-electron chi connectivity index (χ0n) is 6.14. The second kappa shape index (κ2) is 3.30. The molecule has 0 atom stereocenters. The number of ether oxygens (including phenoxy) is 2. The van der Waals surface area contributed by atoms with Gasteiger partial charge in [0.25, 0.3) is 0 Å². The maximum absolute atomic E-state index is 5.94. The van der Waals surface area contributed by atoms with Crippen LogP contribution in [0, 0.1) is 3.57 Å². The monoisotopic (exact) mass is 296 g/mol. The quantitative estimate of drug-likeness (QED) is 0.685. The van der Waals surface area contributed by atoms with Gasteiger partial charge in [0.1, 0.15) is 13.2 Å². The summed E-state index contributed by atoms with van der Waals surface area (Å²) in [6, 6.07) is 3.77. The van der Waals surface area contributed by atoms with Crippen molar-refractivity contribution in [2.75, 3.05) is 13.2 Å². The minimum Gasteiger partial charge on any atom is -0.486 e. The number of benzene rings is 1. The van der Waals surface area contributed by atoms with Gasteiger partial charge < -0.3 is 9.47 Å². The molecule has 0 spiro atoms. The van der Waals surface area contributed by atoms with Crippen molar-refractivity contribution in [2.45, 2.75) is 0 Å². The first-order valence-corrected chi connectivity index (χ1v) is 4.97. The fourth-order valence-corrected chi connectivity index (χ4v) is 2.12. The predicted molar refractivity (Wildman–Crippen MR) is 55.2 cm³/mol. The molecule has 4 heteroatoms. The highest BCUT2D eigenvalue weighted by molar-refractivity contribution is 14.1. The molecule has 64 valence electrons. The summed E-state index contributed by atoms with van der Waals surface area (Å²) in [5, 5.41) is 0.622. The first-order valence-electron chi connectivity index (χ1n) is 3.52. The van der Waals surface area contributed by atoms with Crippen LogP contribution in [-0.2, 0) is 0 Å². The van der Waals surface area contributed by atoms with E-state index in [4.69, 9.17) is 21.1 Å². The molecular formula is C8H6ClIO2. The molecule has 0 saturated carbocycles. The highest BCUT2D eigenvalue weighted by atomic mass is 127. The molecule has 0 fully saturated rings. The summed E-state index contributed by atoms with van der Waals surface area (Å²) >= 11 is 8.13. The summed E-state index contributed by atoms with van der Waals surface area (Å²) in [5.74, 6) is 1.42. The van der Waals surface area contributed by atoms with E-state index in [1.807, 2.05) is 12.1 Å². The number of hydrogen-bond acceptors (Lipinski definition) is 2. The summed E-state index contributed by atoms with van der Waals surface area (Å²) < 4.78 is 11.8. The van der Waals surface area contributed by atoms with Crippen molar-refractivity contribution < 1.29 is 9.47 Å². The van der Waals surface area contributed by atoms with E-state index in [1.165, 1.54) is 0 Å². The van der Waals surface area contributed by atoms with E-state index in [2.05, 4.69) is 22.6 Å². The normalized spacial score (nSPS) is 14.5. The smallest absolute Gasteiger partial charge is 0.179 e. The van der Waals surface area contributed by atoms with Gasteiger partial charge >= 0.3 is 0 Å². The Morgan fingerprint density at radius 2 is 2.00 bits per heavy atom. The second-order valence-electron chi connectivity index (χ2n) is 2.41. The van der Waals surface area contributed by atoms with Gasteiger partial charge in [-0.05, 0) is 34.7 Å². The first kappa shape index (κ1) is 8.44. The Kier molecular flexibility index (Phi) is 2.32. The molecule has 1 aromatic rings. The van der Waals surface area contributed by atoms with Gasteiger partial charge in [0, 0.05) is 3.57 Å². The molecule has 0 saturated heterocycles. The summed E-state index contributed by atoms with van der Waals surface area (Å²) in [6.07, 6.45) is 0. The van der Waals surface area contributed by atoms with Crippen molar-refractivity contribution in [3.8, 4) is 11.5 Å². The topological polar surface area (TPSA) is 18.5 Å². The van der Waals surface area contributed by atoms with Crippen LogP contribution in [0.25, 0.3) is 0 Å². The molecule has 1 aromatic carbocycles. The Hall–Kier alpha value is -0.160. The first-order chi connectivity index (χ1) is 5.77. The van der Waals surface area contributed by atoms with Gasteiger partial charge in [-0.15, -0.1) is 0 Å². The van der Waals surface area contributed by atoms with Crippen molar-refractivity contribution >= 4 is 34.2 Å². The van der Waals surface area contributed by atoms with E-state index in [-0.39, 0.29) is 0 Å². The standard InChI is InChI=1S/C8H6ClIO2/c9-6-3-5(10)4-7-8(6)12-2-1-11-7/h3-4H,1-2H2. The van der Waals surface area contributed by atoms with Crippen LogP contribution in [0.15, 0.2) is 12.1 Å². The molecule has 0 radical (unpaired) electrons. The number of rotatable bonds is 0. The molecule has 2 nitrogen and oxygen atoms in total. The van der Waals surface area contributed by atoms with Crippen LogP contribution in [0.4, 0.5) is 0 Å². The second-order valence-corrected chi connectivity index (χ2v) is 4.06. The van der Waals surface area contributed by atoms with Crippen LogP contribution in [-0.4, -0.2) is 13.2 Å². The maximum atomic E-state index is 5.94. The van der Waals surface area contributed by atoms with Gasteiger partial charge in [-0.25, -0.2) is 0 Å². The molecule has 1 aliphatic heterocycles. The Bertz CT molecular complexity index is 314. The van der Waals surface area contributed by atoms with E-state index in [0.717, 1.165) is 9.32 Å². The predicted octanol–water partition coefficient (Wildman–Crippen LogP) is 2.72. The fourth-order valence-electron chi connectivity index (χ4n) is 1.08. The highest BCUT2D eigenvalue weighted by Gasteiger charge is 2.15. The van der Waals surface area contributed by atoms with Crippen LogP contribution < -0.4 is 9.47 Å². The average molecular weight is 296 g/mol. The van der Waals surface area contributed by atoms with E-state index in [0.29, 0.717) is 24.0 Å². The molecule has 0 bridgehead atoms. The van der Waals surface area contributed by atoms with Gasteiger partial charge in [0.2, 0.25) is 0 Å². The molecule has 0 amide bonds. The Morgan fingerprint density at radius 3 is 2.83 bits per heavy atom. The van der Waals surface area contributed by atoms with Crippen LogP contribution >= 0.6 is 34.2 Å². The maximum Gasteiger partial charge on any atom is 0.179 e. The molecule has 12 heavy (non-hydrogen) atoms. The van der Waals surface area contributed by atoms with E-state index >= 15 is 0 Å². The fraction of sp³-hybridized carbons (Fsp3) is 0.250. The molecular weight excluding hydrogens is 290 g/mol. The summed E-state index contributed by atoms with van der Waals surface area (Å²) in [6.45, 7) is 1.18. The van der Waals surface area contributed by atoms with Crippen molar-refractivity contribution in [3.05, 3.63) is 20.7 Å². The molecule has 0 unspecified atom stereocenters. The third-order valence-electron chi connectivity index (χ3n) is 1.56. The molecule has 2 rings (SSSR count). The summed E-state index contributed by atoms with van der Waals surface area (Å²) in [5.41, 5.74) is 0. The van der Waals surface area contributed by atoms with Crippen LogP contribution in [0.1, 0.15) is 0 Å². The number of hydrogen-bond donors (Lipinski definition) is 0. The Labute approximate surface area is 88.9 Å². The molecule has 1 heterocycles. The van der Waals surface area contributed by atoms with Gasteiger partial charge in [-0.2, -0.15) is 0 Å². The largest absolute Gasteiger partial charge is 0.486 e. The lowest BCUT2D eigenvalue weighted by molar-refractivity contribution is 0.171. The van der Waals surface area contributed by atoms with Gasteiger partial charge in [0.05, 0.1) is 5.02 Å². The third kappa shape index (κ3) is 1.47. The third-order valence-corrected chi connectivity index (χ3v) is 2.47. The minimum absolute atomic E-state index is 0.577. The molecule has 1 aliphatic rings. The van der Waals surface area contributed by atoms with Crippen LogP contribution in [0.3, 0.4) is 0 Å². The molecule has 0 aliphatic carbocycles. The van der Waals surface area contributed by atoms with Crippen molar-refractivity contribution in [1.82, 2.24) is 0 Å². The van der Waals surface area contributed by atoms with Crippen molar-refractivity contribution in [3.63, 3.8) is 0 Å². The van der Waals surface area contributed by atoms with E-state index in [1.54, 1.807) is 0 Å². The molecule has 0 N–H and O–H groups in total. The summed E-state index contributed by atoms with van der Waals surface area (Å²) in [7, 11) is 0. The Balaban J connectivity index is 2.53. The lowest BCUT2D eigenvalue weighted by Crippen LogP contribution is -2.15. The van der Waals surface area contributed by atoms with Crippen molar-refractivity contribution in [2.24, 2.45) is 0 Å². The van der Waals surface area contributed by atoms with Gasteiger partial charge in [-0.1, -0.05) is 11.6 Å². The SMILES string of the molecule is Clc1cc(I)cc2c1OCCO2. The zero-order valence-corrected chi connectivity index (χ0v) is 9.05. The summed E-state index contributed by atoms with van der Waals surface area (Å²) in [4.78, 5) is 0. The average Bonchev–Trinajstić information content (AvgIpc) is 2.04. The van der Waals surface area contributed by atoms with Crippen LogP contribution in [0.2, 0.25) is 5.02 Å². The highest BCUT2D eigenvalue weighted by Crippen LogP contribution is 2.38.